The third-order valence-corrected chi connectivity index (χ3v) is 3.57. The molecule has 21 heavy (non-hydrogen) atoms. The lowest BCUT2D eigenvalue weighted by molar-refractivity contribution is -0.138. The number of hydrogen-bond acceptors (Lipinski definition) is 4. The number of carbonyl (C=O) groups excluding carboxylic acids is 2. The van der Waals surface area contributed by atoms with Crippen LogP contribution in [0.15, 0.2) is 0 Å². The predicted molar refractivity (Wildman–Crippen MR) is 81.8 cm³/mol. The van der Waals surface area contributed by atoms with E-state index in [4.69, 9.17) is 10.5 Å². The van der Waals surface area contributed by atoms with Crippen LogP contribution >= 0.6 is 0 Å². The maximum atomic E-state index is 12.3. The molecule has 1 heterocycles. The number of nitrogens with zero attached hydrogens (tertiary/aromatic N) is 2. The molecule has 2 N–H and O–H groups in total. The fraction of sp³-hybridized carbons (Fsp3) is 0.867. The molecular formula is C15H29N3O3. The van der Waals surface area contributed by atoms with Gasteiger partial charge in [-0.05, 0) is 33.6 Å². The molecule has 6 nitrogen and oxygen atoms in total. The zero-order valence-corrected chi connectivity index (χ0v) is 14.0. The largest absolute Gasteiger partial charge is 0.444 e. The van der Waals surface area contributed by atoms with Crippen molar-refractivity contribution < 1.29 is 14.3 Å². The van der Waals surface area contributed by atoms with Crippen molar-refractivity contribution >= 4 is 12.0 Å². The fourth-order valence-electron chi connectivity index (χ4n) is 2.25. The van der Waals surface area contributed by atoms with Gasteiger partial charge in [0.2, 0.25) is 5.91 Å². The van der Waals surface area contributed by atoms with E-state index in [1.54, 1.807) is 9.80 Å². The van der Waals surface area contributed by atoms with Crippen LogP contribution in [-0.4, -0.2) is 59.1 Å². The highest BCUT2D eigenvalue weighted by Crippen LogP contribution is 2.16. The zero-order chi connectivity index (χ0) is 16.4. The first-order valence-corrected chi connectivity index (χ1v) is 7.57. The van der Waals surface area contributed by atoms with Gasteiger partial charge in [0, 0.05) is 25.7 Å². The Bertz CT molecular complexity index is 390. The highest BCUT2D eigenvalue weighted by atomic mass is 16.6. The Balaban J connectivity index is 2.62. The summed E-state index contributed by atoms with van der Waals surface area (Å²) in [5, 5.41) is 0. The molecule has 1 unspecified atom stereocenters. The van der Waals surface area contributed by atoms with Crippen LogP contribution in [0.25, 0.3) is 0 Å². The Labute approximate surface area is 127 Å². The summed E-state index contributed by atoms with van der Waals surface area (Å²) in [5.74, 6) is 0.0647. The first-order chi connectivity index (χ1) is 9.53. The van der Waals surface area contributed by atoms with Gasteiger partial charge in [0.1, 0.15) is 5.60 Å². The number of hydrogen-bond donors (Lipinski definition) is 1. The van der Waals surface area contributed by atoms with Gasteiger partial charge in [0.05, 0.1) is 6.04 Å². The van der Waals surface area contributed by atoms with Crippen molar-refractivity contribution in [1.82, 2.24) is 9.80 Å². The molecule has 1 aliphatic heterocycles. The Kier molecular flexibility index (Phi) is 5.61. The Morgan fingerprint density at radius 1 is 1.24 bits per heavy atom. The molecule has 1 rings (SSSR count). The Hall–Kier alpha value is -1.30. The summed E-state index contributed by atoms with van der Waals surface area (Å²) in [4.78, 5) is 27.8. The zero-order valence-electron chi connectivity index (χ0n) is 14.0. The molecule has 1 fully saturated rings. The summed E-state index contributed by atoms with van der Waals surface area (Å²) in [6.45, 7) is 12.8. The van der Waals surface area contributed by atoms with E-state index in [2.05, 4.69) is 0 Å². The predicted octanol–water partition coefficient (Wildman–Crippen LogP) is 1.44. The molecule has 0 aromatic heterocycles. The van der Waals surface area contributed by atoms with Crippen molar-refractivity contribution in [3.05, 3.63) is 0 Å². The average Bonchev–Trinajstić information content (AvgIpc) is 2.34. The monoisotopic (exact) mass is 299 g/mol. The van der Waals surface area contributed by atoms with Gasteiger partial charge in [-0.25, -0.2) is 4.79 Å². The molecule has 1 aliphatic rings. The molecule has 2 atom stereocenters. The van der Waals surface area contributed by atoms with E-state index in [1.165, 1.54) is 0 Å². The molecule has 2 amide bonds. The fourth-order valence-corrected chi connectivity index (χ4v) is 2.25. The molecule has 0 radical (unpaired) electrons. The average molecular weight is 299 g/mol. The summed E-state index contributed by atoms with van der Waals surface area (Å²) in [6, 6.07) is -0.538. The molecule has 1 saturated heterocycles. The highest BCUT2D eigenvalue weighted by Gasteiger charge is 2.34. The second kappa shape index (κ2) is 6.64. The summed E-state index contributed by atoms with van der Waals surface area (Å²) < 4.78 is 5.37. The van der Waals surface area contributed by atoms with E-state index in [-0.39, 0.29) is 24.0 Å². The second-order valence-corrected chi connectivity index (χ2v) is 7.08. The quantitative estimate of drug-likeness (QED) is 0.837. The van der Waals surface area contributed by atoms with Gasteiger partial charge in [-0.15, -0.1) is 0 Å². The lowest BCUT2D eigenvalue weighted by Crippen LogP contribution is -2.59. The van der Waals surface area contributed by atoms with E-state index in [1.807, 2.05) is 41.5 Å². The van der Waals surface area contributed by atoms with Crippen LogP contribution in [0.5, 0.6) is 0 Å². The normalized spacial score (nSPS) is 21.4. The van der Waals surface area contributed by atoms with Crippen molar-refractivity contribution in [3.8, 4) is 0 Å². The minimum Gasteiger partial charge on any atom is -0.444 e. The van der Waals surface area contributed by atoms with Crippen LogP contribution in [0.4, 0.5) is 4.79 Å². The first kappa shape index (κ1) is 17.8. The molecule has 0 bridgehead atoms. The molecule has 6 heteroatoms. The number of nitrogens with two attached hydrogens (primary N) is 1. The van der Waals surface area contributed by atoms with Crippen LogP contribution in [-0.2, 0) is 9.53 Å². The van der Waals surface area contributed by atoms with Gasteiger partial charge in [0.15, 0.2) is 0 Å². The van der Waals surface area contributed by atoms with E-state index >= 15 is 0 Å². The van der Waals surface area contributed by atoms with Gasteiger partial charge >= 0.3 is 6.09 Å². The molecule has 122 valence electrons. The molecule has 0 aliphatic carbocycles. The van der Waals surface area contributed by atoms with Gasteiger partial charge in [0.25, 0.3) is 0 Å². The van der Waals surface area contributed by atoms with Crippen LogP contribution in [0.1, 0.15) is 41.5 Å². The Morgan fingerprint density at radius 3 is 2.24 bits per heavy atom. The standard InChI is InChI=1S/C15H29N3O3/c1-10(2)12(16)13(19)18-8-7-17(9-11(18)3)14(20)21-15(4,5)6/h10-12H,7-9,16H2,1-6H3/t11?,12-/m0/s1. The van der Waals surface area contributed by atoms with Crippen molar-refractivity contribution in [2.45, 2.75) is 59.2 Å². The summed E-state index contributed by atoms with van der Waals surface area (Å²) in [7, 11) is 0. The van der Waals surface area contributed by atoms with Gasteiger partial charge < -0.3 is 20.3 Å². The summed E-state index contributed by atoms with van der Waals surface area (Å²) >= 11 is 0. The van der Waals surface area contributed by atoms with Crippen LogP contribution < -0.4 is 5.73 Å². The minimum absolute atomic E-state index is 0.0404. The molecule has 0 spiro atoms. The van der Waals surface area contributed by atoms with Crippen molar-refractivity contribution in [3.63, 3.8) is 0 Å². The van der Waals surface area contributed by atoms with E-state index in [9.17, 15) is 9.59 Å². The third-order valence-electron chi connectivity index (χ3n) is 3.57. The molecule has 0 aromatic rings. The lowest BCUT2D eigenvalue weighted by Gasteiger charge is -2.41. The van der Waals surface area contributed by atoms with Crippen LogP contribution in [0.2, 0.25) is 0 Å². The van der Waals surface area contributed by atoms with Crippen LogP contribution in [0, 0.1) is 5.92 Å². The molecular weight excluding hydrogens is 270 g/mol. The molecule has 0 aromatic carbocycles. The number of piperazine rings is 1. The summed E-state index contributed by atoms with van der Waals surface area (Å²) in [6.07, 6.45) is -0.324. The number of ether oxygens (including phenoxy) is 1. The third kappa shape index (κ3) is 4.88. The Morgan fingerprint density at radius 2 is 1.81 bits per heavy atom. The maximum absolute atomic E-state index is 12.3. The van der Waals surface area contributed by atoms with Gasteiger partial charge in [-0.2, -0.15) is 0 Å². The number of amides is 2. The maximum Gasteiger partial charge on any atom is 0.410 e. The second-order valence-electron chi connectivity index (χ2n) is 7.08. The van der Waals surface area contributed by atoms with Gasteiger partial charge in [-0.1, -0.05) is 13.8 Å². The summed E-state index contributed by atoms with van der Waals surface area (Å²) in [5.41, 5.74) is 5.43. The minimum atomic E-state index is -0.507. The smallest absolute Gasteiger partial charge is 0.410 e. The SMILES string of the molecule is CC(C)[C@H](N)C(=O)N1CCN(C(=O)OC(C)(C)C)CC1C. The van der Waals surface area contributed by atoms with E-state index in [0.29, 0.717) is 19.6 Å². The molecule has 0 saturated carbocycles. The van der Waals surface area contributed by atoms with E-state index in [0.717, 1.165) is 0 Å². The van der Waals surface area contributed by atoms with Crippen molar-refractivity contribution in [2.24, 2.45) is 11.7 Å². The van der Waals surface area contributed by atoms with Crippen molar-refractivity contribution in [2.75, 3.05) is 19.6 Å². The van der Waals surface area contributed by atoms with Crippen LogP contribution in [0.3, 0.4) is 0 Å². The first-order valence-electron chi connectivity index (χ1n) is 7.57. The number of rotatable bonds is 2. The lowest BCUT2D eigenvalue weighted by atomic mass is 10.0. The number of carbonyl (C=O) groups is 2. The van der Waals surface area contributed by atoms with E-state index < -0.39 is 11.6 Å². The van der Waals surface area contributed by atoms with Crippen molar-refractivity contribution in [1.29, 1.82) is 0 Å². The van der Waals surface area contributed by atoms with Gasteiger partial charge in [-0.3, -0.25) is 4.79 Å². The highest BCUT2D eigenvalue weighted by molar-refractivity contribution is 5.82. The topological polar surface area (TPSA) is 75.9 Å².